The molecule has 3 aromatic rings. The van der Waals surface area contributed by atoms with Crippen molar-refractivity contribution in [2.75, 3.05) is 7.05 Å². The van der Waals surface area contributed by atoms with Crippen LogP contribution in [0.3, 0.4) is 0 Å². The molecule has 2 N–H and O–H groups in total. The quantitative estimate of drug-likeness (QED) is 0.776. The van der Waals surface area contributed by atoms with E-state index in [-0.39, 0.29) is 5.56 Å². The Morgan fingerprint density at radius 2 is 1.96 bits per heavy atom. The van der Waals surface area contributed by atoms with Crippen molar-refractivity contribution in [2.45, 2.75) is 31.8 Å². The maximum atomic E-state index is 12.3. The molecule has 0 saturated heterocycles. The molecule has 0 saturated carbocycles. The third-order valence-electron chi connectivity index (χ3n) is 5.07. The first-order valence-electron chi connectivity index (χ1n) is 8.60. The molecule has 2 atom stereocenters. The molecule has 0 radical (unpaired) electrons. The van der Waals surface area contributed by atoms with Crippen molar-refractivity contribution in [3.63, 3.8) is 0 Å². The molecule has 0 fully saturated rings. The first-order chi connectivity index (χ1) is 11.7. The van der Waals surface area contributed by atoms with E-state index in [1.54, 1.807) is 0 Å². The second-order valence-corrected chi connectivity index (χ2v) is 6.70. The number of aromatic nitrogens is 2. The number of aryl methyl sites for hydroxylation is 1. The number of nitrogens with zero attached hydrogens (tertiary/aromatic N) is 1. The number of benzene rings is 2. The summed E-state index contributed by atoms with van der Waals surface area (Å²) in [5.74, 6) is 0.763. The number of nitrogens with one attached hydrogen (secondary N) is 2. The van der Waals surface area contributed by atoms with Crippen LogP contribution in [0.4, 0.5) is 0 Å². The molecule has 1 aliphatic carbocycles. The Hall–Kier alpha value is -2.46. The fraction of sp³-hybridized carbons (Fsp3) is 0.300. The molecule has 1 unspecified atom stereocenters. The summed E-state index contributed by atoms with van der Waals surface area (Å²) in [6.07, 6.45) is 3.58. The van der Waals surface area contributed by atoms with Crippen LogP contribution in [0.25, 0.3) is 10.9 Å². The predicted octanol–water partition coefficient (Wildman–Crippen LogP) is 2.02. The number of para-hydroxylation sites is 1. The Balaban J connectivity index is 1.63. The lowest BCUT2D eigenvalue weighted by Crippen LogP contribution is -3.08. The van der Waals surface area contributed by atoms with Crippen molar-refractivity contribution in [1.82, 2.24) is 9.97 Å². The molecule has 1 heterocycles. The lowest BCUT2D eigenvalue weighted by atomic mass is 9.87. The number of hydrogen-bond donors (Lipinski definition) is 2. The van der Waals surface area contributed by atoms with Gasteiger partial charge in [-0.05, 0) is 30.5 Å². The Morgan fingerprint density at radius 1 is 1.17 bits per heavy atom. The molecule has 0 spiro atoms. The average Bonchev–Trinajstić information content (AvgIpc) is 2.61. The molecule has 122 valence electrons. The zero-order valence-corrected chi connectivity index (χ0v) is 13.9. The van der Waals surface area contributed by atoms with Gasteiger partial charge in [0.05, 0.1) is 18.0 Å². The molecule has 4 rings (SSSR count). The topological polar surface area (TPSA) is 50.2 Å². The van der Waals surface area contributed by atoms with Gasteiger partial charge in [-0.1, -0.05) is 36.4 Å². The van der Waals surface area contributed by atoms with Crippen LogP contribution in [0.15, 0.2) is 53.3 Å². The molecule has 1 aliphatic rings. The normalized spacial score (nSPS) is 18.3. The zero-order valence-electron chi connectivity index (χ0n) is 13.9. The number of aromatic amines is 1. The highest BCUT2D eigenvalue weighted by molar-refractivity contribution is 5.77. The smallest absolute Gasteiger partial charge is 0.258 e. The third-order valence-corrected chi connectivity index (χ3v) is 5.07. The van der Waals surface area contributed by atoms with E-state index in [1.807, 2.05) is 24.3 Å². The highest BCUT2D eigenvalue weighted by atomic mass is 16.1. The maximum absolute atomic E-state index is 12.3. The molecule has 4 nitrogen and oxygen atoms in total. The molecule has 2 aromatic carbocycles. The Labute approximate surface area is 141 Å². The Bertz CT molecular complexity index is 931. The van der Waals surface area contributed by atoms with Crippen molar-refractivity contribution < 1.29 is 4.90 Å². The van der Waals surface area contributed by atoms with Gasteiger partial charge in [-0.15, -0.1) is 0 Å². The van der Waals surface area contributed by atoms with Gasteiger partial charge in [-0.3, -0.25) is 4.79 Å². The summed E-state index contributed by atoms with van der Waals surface area (Å²) in [4.78, 5) is 21.2. The molecule has 4 heteroatoms. The lowest BCUT2D eigenvalue weighted by Gasteiger charge is -2.30. The van der Waals surface area contributed by atoms with Gasteiger partial charge in [0.25, 0.3) is 5.56 Å². The number of quaternary nitrogens is 1. The van der Waals surface area contributed by atoms with Crippen LogP contribution in [-0.4, -0.2) is 17.0 Å². The van der Waals surface area contributed by atoms with E-state index in [0.717, 1.165) is 17.9 Å². The van der Waals surface area contributed by atoms with E-state index in [2.05, 4.69) is 41.3 Å². The van der Waals surface area contributed by atoms with E-state index in [0.29, 0.717) is 11.4 Å². The fourth-order valence-electron chi connectivity index (χ4n) is 3.87. The Kier molecular flexibility index (Phi) is 3.90. The van der Waals surface area contributed by atoms with Crippen LogP contribution in [0.2, 0.25) is 0 Å². The van der Waals surface area contributed by atoms with Crippen LogP contribution in [0.1, 0.15) is 35.8 Å². The molecule has 1 aromatic heterocycles. The van der Waals surface area contributed by atoms with E-state index >= 15 is 0 Å². The van der Waals surface area contributed by atoms with Crippen LogP contribution in [0.5, 0.6) is 0 Å². The molecule has 0 aliphatic heterocycles. The minimum absolute atomic E-state index is 0.0487. The predicted molar refractivity (Wildman–Crippen MR) is 95.1 cm³/mol. The molecule has 0 amide bonds. The third kappa shape index (κ3) is 2.74. The van der Waals surface area contributed by atoms with Gasteiger partial charge in [-0.25, -0.2) is 4.98 Å². The average molecular weight is 320 g/mol. The van der Waals surface area contributed by atoms with Crippen molar-refractivity contribution in [3.8, 4) is 0 Å². The fourth-order valence-corrected chi connectivity index (χ4v) is 3.87. The SMILES string of the molecule is C[NH+](Cc1nc2ccccc2c(=O)[nH]1)[C@H]1CCCc2ccccc21. The van der Waals surface area contributed by atoms with Crippen LogP contribution in [0, 0.1) is 0 Å². The second-order valence-electron chi connectivity index (χ2n) is 6.70. The summed E-state index contributed by atoms with van der Waals surface area (Å²) in [6, 6.07) is 16.7. The van der Waals surface area contributed by atoms with Gasteiger partial charge >= 0.3 is 0 Å². The van der Waals surface area contributed by atoms with Crippen LogP contribution in [-0.2, 0) is 13.0 Å². The summed E-state index contributed by atoms with van der Waals surface area (Å²) in [7, 11) is 2.20. The second kappa shape index (κ2) is 6.21. The summed E-state index contributed by atoms with van der Waals surface area (Å²) in [5.41, 5.74) is 3.64. The van der Waals surface area contributed by atoms with Crippen molar-refractivity contribution in [3.05, 3.63) is 75.8 Å². The highest BCUT2D eigenvalue weighted by Crippen LogP contribution is 2.27. The van der Waals surface area contributed by atoms with Crippen molar-refractivity contribution in [1.29, 1.82) is 0 Å². The van der Waals surface area contributed by atoms with Crippen LogP contribution < -0.4 is 10.5 Å². The summed E-state index contributed by atoms with van der Waals surface area (Å²) < 4.78 is 0. The zero-order chi connectivity index (χ0) is 16.5. The molecular formula is C20H22N3O+. The molecule has 0 bridgehead atoms. The van der Waals surface area contributed by atoms with Crippen LogP contribution >= 0.6 is 0 Å². The lowest BCUT2D eigenvalue weighted by molar-refractivity contribution is -0.927. The maximum Gasteiger partial charge on any atom is 0.258 e. The highest BCUT2D eigenvalue weighted by Gasteiger charge is 2.27. The van der Waals surface area contributed by atoms with E-state index < -0.39 is 0 Å². The molecule has 24 heavy (non-hydrogen) atoms. The standard InChI is InChI=1S/C20H21N3O/c1-23(18-12-6-8-14-7-2-3-9-15(14)18)13-19-21-17-11-5-4-10-16(17)20(24)22-19/h2-5,7,9-11,18H,6,8,12-13H2,1H3,(H,21,22,24)/p+1/t18-/m0/s1. The summed E-state index contributed by atoms with van der Waals surface area (Å²) in [6.45, 7) is 0.721. The number of fused-ring (bicyclic) bond motifs is 2. The van der Waals surface area contributed by atoms with Crippen molar-refractivity contribution >= 4 is 10.9 Å². The van der Waals surface area contributed by atoms with Crippen molar-refractivity contribution in [2.24, 2.45) is 0 Å². The van der Waals surface area contributed by atoms with Gasteiger partial charge in [0.1, 0.15) is 12.6 Å². The molecular weight excluding hydrogens is 298 g/mol. The van der Waals surface area contributed by atoms with E-state index in [9.17, 15) is 4.79 Å². The number of H-pyrrole nitrogens is 1. The Morgan fingerprint density at radius 3 is 2.88 bits per heavy atom. The number of rotatable bonds is 3. The van der Waals surface area contributed by atoms with Gasteiger partial charge in [0.2, 0.25) is 0 Å². The number of hydrogen-bond acceptors (Lipinski definition) is 2. The first-order valence-corrected chi connectivity index (χ1v) is 8.60. The van der Waals surface area contributed by atoms with E-state index in [4.69, 9.17) is 0 Å². The first kappa shape index (κ1) is 15.1. The minimum Gasteiger partial charge on any atom is -0.325 e. The van der Waals surface area contributed by atoms with Gasteiger partial charge in [0, 0.05) is 12.0 Å². The monoisotopic (exact) mass is 320 g/mol. The van der Waals surface area contributed by atoms with E-state index in [1.165, 1.54) is 35.3 Å². The van der Waals surface area contributed by atoms with Gasteiger partial charge in [0.15, 0.2) is 5.82 Å². The van der Waals surface area contributed by atoms with Gasteiger partial charge in [-0.2, -0.15) is 0 Å². The van der Waals surface area contributed by atoms with Gasteiger partial charge < -0.3 is 9.88 Å². The summed E-state index contributed by atoms with van der Waals surface area (Å²) >= 11 is 0. The largest absolute Gasteiger partial charge is 0.325 e. The minimum atomic E-state index is -0.0487. The summed E-state index contributed by atoms with van der Waals surface area (Å²) in [5, 5.41) is 0.655.